The number of carbonyl (C=O) groups is 2. The monoisotopic (exact) mass is 449 g/mol. The molecule has 2 aromatic rings. The topological polar surface area (TPSA) is 94.3 Å². The minimum Gasteiger partial charge on any atom is -0.418 e. The zero-order valence-electron chi connectivity index (χ0n) is 18.0. The van der Waals surface area contributed by atoms with Gasteiger partial charge in [-0.1, -0.05) is 32.0 Å². The number of aromatic nitrogens is 1. The zero-order chi connectivity index (χ0) is 23.5. The normalized spacial score (nSPS) is 16.5. The summed E-state index contributed by atoms with van der Waals surface area (Å²) in [7, 11) is 0. The first kappa shape index (κ1) is 23.7. The fraction of sp³-hybridized carbons (Fsp3) is 0.435. The van der Waals surface area contributed by atoms with Crippen molar-refractivity contribution in [2.45, 2.75) is 58.3 Å². The molecule has 3 rings (SSSR count). The Balaban J connectivity index is 1.77. The van der Waals surface area contributed by atoms with Crippen LogP contribution in [0.4, 0.5) is 13.2 Å². The number of ether oxygens (including phenoxy) is 1. The highest BCUT2D eigenvalue weighted by atomic mass is 19.4. The molecule has 3 N–H and O–H groups in total. The molecule has 6 nitrogen and oxygen atoms in total. The van der Waals surface area contributed by atoms with Gasteiger partial charge in [0.25, 0.3) is 5.91 Å². The molecular weight excluding hydrogens is 423 g/mol. The van der Waals surface area contributed by atoms with Gasteiger partial charge in [0.2, 0.25) is 0 Å². The van der Waals surface area contributed by atoms with Crippen molar-refractivity contribution in [2.24, 2.45) is 11.1 Å². The number of alkyl halides is 3. The number of pyridine rings is 1. The third-order valence-electron chi connectivity index (χ3n) is 5.75. The third-order valence-corrected chi connectivity index (χ3v) is 5.75. The van der Waals surface area contributed by atoms with Crippen LogP contribution in [-0.2, 0) is 11.3 Å². The summed E-state index contributed by atoms with van der Waals surface area (Å²) in [5.74, 6) is -3.99. The van der Waals surface area contributed by atoms with E-state index >= 15 is 0 Å². The molecule has 0 atom stereocenters. The molecule has 9 heteroatoms. The zero-order valence-corrected chi connectivity index (χ0v) is 18.0. The summed E-state index contributed by atoms with van der Waals surface area (Å²) < 4.78 is 42.7. The highest BCUT2D eigenvalue weighted by Gasteiger charge is 2.42. The molecule has 0 aliphatic heterocycles. The number of halogens is 3. The Morgan fingerprint density at radius 3 is 2.44 bits per heavy atom. The van der Waals surface area contributed by atoms with Crippen LogP contribution in [0.3, 0.4) is 0 Å². The largest absolute Gasteiger partial charge is 0.491 e. The molecule has 1 saturated carbocycles. The van der Waals surface area contributed by atoms with Gasteiger partial charge in [-0.05, 0) is 43.2 Å². The fourth-order valence-corrected chi connectivity index (χ4v) is 3.76. The van der Waals surface area contributed by atoms with Crippen molar-refractivity contribution in [2.75, 3.05) is 0 Å². The Kier molecular flexibility index (Phi) is 6.88. The maximum absolute atomic E-state index is 12.7. The average molecular weight is 449 g/mol. The van der Waals surface area contributed by atoms with Crippen molar-refractivity contribution < 1.29 is 27.5 Å². The molecule has 1 aliphatic rings. The van der Waals surface area contributed by atoms with Crippen molar-refractivity contribution in [1.29, 1.82) is 0 Å². The molecule has 0 bridgehead atoms. The van der Waals surface area contributed by atoms with Gasteiger partial charge in [-0.3, -0.25) is 9.78 Å². The van der Waals surface area contributed by atoms with E-state index < -0.39 is 23.8 Å². The minimum absolute atomic E-state index is 0.112. The van der Waals surface area contributed by atoms with Gasteiger partial charge in [-0.15, -0.1) is 0 Å². The lowest BCUT2D eigenvalue weighted by Crippen LogP contribution is -2.35. The van der Waals surface area contributed by atoms with Crippen LogP contribution in [0.2, 0.25) is 0 Å². The second kappa shape index (κ2) is 9.28. The summed E-state index contributed by atoms with van der Waals surface area (Å²) in [5, 5.41) is 3.49. The number of rotatable bonds is 6. The van der Waals surface area contributed by atoms with E-state index in [2.05, 4.69) is 28.9 Å². The Morgan fingerprint density at radius 2 is 1.88 bits per heavy atom. The number of carbonyl (C=O) groups excluding carboxylic acids is 2. The predicted octanol–water partition coefficient (Wildman–Crippen LogP) is 4.37. The standard InChI is InChI=1S/C23H26F3N3O3/c1-22(2)10-8-15(9-11-22)29-13-16-7-6-14(12-28-16)17-4-3-5-18(20(27)30)19(17)32-21(31)23(24,25)26/h3-7,12,15,29H,8-11,13H2,1-2H3,(H2,27,30). The minimum atomic E-state index is -5.22. The number of primary amides is 1. The number of nitrogens with two attached hydrogens (primary N) is 1. The highest BCUT2D eigenvalue weighted by Crippen LogP contribution is 2.36. The average Bonchev–Trinajstić information content (AvgIpc) is 2.72. The lowest BCUT2D eigenvalue weighted by atomic mass is 9.75. The third kappa shape index (κ3) is 5.85. The maximum Gasteiger partial charge on any atom is 0.491 e. The van der Waals surface area contributed by atoms with Crippen LogP contribution < -0.4 is 15.8 Å². The second-order valence-electron chi connectivity index (χ2n) is 8.79. The first-order valence-corrected chi connectivity index (χ1v) is 10.4. The quantitative estimate of drug-likeness (QED) is 0.504. The molecular formula is C23H26F3N3O3. The lowest BCUT2D eigenvalue weighted by molar-refractivity contribution is -0.189. The highest BCUT2D eigenvalue weighted by molar-refractivity contribution is 5.99. The first-order chi connectivity index (χ1) is 15.0. The Hall–Kier alpha value is -2.94. The molecule has 172 valence electrons. The number of hydrogen-bond acceptors (Lipinski definition) is 5. The van der Waals surface area contributed by atoms with Gasteiger partial charge in [0.15, 0.2) is 5.75 Å². The van der Waals surface area contributed by atoms with E-state index in [1.54, 1.807) is 12.1 Å². The van der Waals surface area contributed by atoms with Crippen LogP contribution in [0, 0.1) is 5.41 Å². The SMILES string of the molecule is CC1(C)CCC(NCc2ccc(-c3cccc(C(N)=O)c3OC(=O)C(F)(F)F)cn2)CC1. The van der Waals surface area contributed by atoms with Gasteiger partial charge in [0.05, 0.1) is 11.3 Å². The Labute approximate surface area is 184 Å². The van der Waals surface area contributed by atoms with E-state index in [0.29, 0.717) is 23.6 Å². The van der Waals surface area contributed by atoms with E-state index in [-0.39, 0.29) is 11.1 Å². The number of nitrogens with one attached hydrogen (secondary N) is 1. The van der Waals surface area contributed by atoms with E-state index in [1.165, 1.54) is 24.4 Å². The molecule has 0 saturated heterocycles. The van der Waals surface area contributed by atoms with E-state index in [1.807, 2.05) is 0 Å². The Morgan fingerprint density at radius 1 is 1.19 bits per heavy atom. The molecule has 1 amide bonds. The van der Waals surface area contributed by atoms with Gasteiger partial charge in [-0.2, -0.15) is 13.2 Å². The lowest BCUT2D eigenvalue weighted by Gasteiger charge is -2.34. The van der Waals surface area contributed by atoms with E-state index in [9.17, 15) is 22.8 Å². The van der Waals surface area contributed by atoms with Crippen molar-refractivity contribution in [3.63, 3.8) is 0 Å². The number of benzene rings is 1. The van der Waals surface area contributed by atoms with Gasteiger partial charge in [0, 0.05) is 29.9 Å². The van der Waals surface area contributed by atoms with Crippen LogP contribution in [0.15, 0.2) is 36.5 Å². The molecule has 32 heavy (non-hydrogen) atoms. The molecule has 1 heterocycles. The van der Waals surface area contributed by atoms with Crippen LogP contribution in [0.25, 0.3) is 11.1 Å². The van der Waals surface area contributed by atoms with Crippen LogP contribution in [-0.4, -0.2) is 29.1 Å². The number of nitrogens with zero attached hydrogens (tertiary/aromatic N) is 1. The summed E-state index contributed by atoms with van der Waals surface area (Å²) in [4.78, 5) is 27.5. The summed E-state index contributed by atoms with van der Waals surface area (Å²) in [6.07, 6.45) is 0.757. The second-order valence-corrected chi connectivity index (χ2v) is 8.79. The van der Waals surface area contributed by atoms with Gasteiger partial charge in [0.1, 0.15) is 0 Å². The summed E-state index contributed by atoms with van der Waals surface area (Å²) in [6.45, 7) is 5.11. The van der Waals surface area contributed by atoms with Crippen molar-refractivity contribution in [1.82, 2.24) is 10.3 Å². The van der Waals surface area contributed by atoms with E-state index in [4.69, 9.17) is 5.73 Å². The van der Waals surface area contributed by atoms with Crippen LogP contribution >= 0.6 is 0 Å². The summed E-state index contributed by atoms with van der Waals surface area (Å²) in [6, 6.07) is 7.89. The molecule has 1 aromatic heterocycles. The first-order valence-electron chi connectivity index (χ1n) is 10.4. The van der Waals surface area contributed by atoms with Crippen molar-refractivity contribution in [3.8, 4) is 16.9 Å². The maximum atomic E-state index is 12.7. The van der Waals surface area contributed by atoms with Crippen molar-refractivity contribution in [3.05, 3.63) is 47.8 Å². The number of para-hydroxylation sites is 1. The molecule has 1 aliphatic carbocycles. The van der Waals surface area contributed by atoms with Gasteiger partial charge >= 0.3 is 12.1 Å². The predicted molar refractivity (Wildman–Crippen MR) is 113 cm³/mol. The number of hydrogen-bond donors (Lipinski definition) is 2. The molecule has 1 fully saturated rings. The van der Waals surface area contributed by atoms with Crippen LogP contribution in [0.5, 0.6) is 5.75 Å². The molecule has 0 spiro atoms. The summed E-state index contributed by atoms with van der Waals surface area (Å²) in [5.41, 5.74) is 6.58. The van der Waals surface area contributed by atoms with E-state index in [0.717, 1.165) is 31.4 Å². The summed E-state index contributed by atoms with van der Waals surface area (Å²) >= 11 is 0. The smallest absolute Gasteiger partial charge is 0.418 e. The molecule has 0 unspecified atom stereocenters. The fourth-order valence-electron chi connectivity index (χ4n) is 3.76. The van der Waals surface area contributed by atoms with Gasteiger partial charge < -0.3 is 15.8 Å². The number of amides is 1. The molecule has 1 aromatic carbocycles. The van der Waals surface area contributed by atoms with Crippen molar-refractivity contribution >= 4 is 11.9 Å². The Bertz CT molecular complexity index is 978. The van der Waals surface area contributed by atoms with Gasteiger partial charge in [-0.25, -0.2) is 4.79 Å². The number of esters is 1. The molecule has 0 radical (unpaired) electrons. The van der Waals surface area contributed by atoms with Crippen LogP contribution in [0.1, 0.15) is 55.6 Å².